The average Bonchev–Trinajstić information content (AvgIpc) is 4.08. The van der Waals surface area contributed by atoms with E-state index in [1.54, 1.807) is 35.0 Å². The molecule has 17 heteroatoms. The van der Waals surface area contributed by atoms with Crippen molar-refractivity contribution in [3.8, 4) is 39.5 Å². The van der Waals surface area contributed by atoms with E-state index in [1.165, 1.54) is 19.2 Å². The fraction of sp³-hybridized carbons (Fsp3) is 0.395. The molecule has 1 saturated heterocycles. The molecule has 0 spiro atoms. The van der Waals surface area contributed by atoms with Crippen LogP contribution >= 0.6 is 11.3 Å². The summed E-state index contributed by atoms with van der Waals surface area (Å²) in [6.07, 6.45) is 0.543. The summed E-state index contributed by atoms with van der Waals surface area (Å²) in [4.78, 5) is 39.9. The molecule has 8 rings (SSSR count). The number of aromatic amines is 2. The lowest BCUT2D eigenvalue weighted by Gasteiger charge is -2.33. The van der Waals surface area contributed by atoms with Crippen LogP contribution in [-0.4, -0.2) is 75.1 Å². The molecule has 4 atom stereocenters. The molecule has 60 heavy (non-hydrogen) atoms. The van der Waals surface area contributed by atoms with Crippen LogP contribution in [0, 0.1) is 11.7 Å². The SMILES string of the molecule is CC[C@@H](c1ncc(-c2cc(F)c3c(c2)OC(c2ccc(C(F)(F)F)s2)n2c-3cc3cc(-c4cnc(C5CCCN5)[nH]4)ccc32)[nH]1)N(CC)C(=O)[C@@H](NC)C(C)C.COC=O. The number of benzene rings is 2. The number of carbonyl (C=O) groups excluding carboxylic acids is 2. The number of amides is 1. The first kappa shape index (κ1) is 42.6. The summed E-state index contributed by atoms with van der Waals surface area (Å²) >= 11 is 0.601. The van der Waals surface area contributed by atoms with Crippen molar-refractivity contribution in [2.75, 3.05) is 27.2 Å². The van der Waals surface area contributed by atoms with Gasteiger partial charge in [0.05, 0.1) is 70.7 Å². The summed E-state index contributed by atoms with van der Waals surface area (Å²) in [6.45, 7) is 9.68. The lowest BCUT2D eigenvalue weighted by atomic mass is 10.0. The van der Waals surface area contributed by atoms with E-state index >= 15 is 4.39 Å². The van der Waals surface area contributed by atoms with E-state index in [2.05, 4.69) is 35.3 Å². The third-order valence-corrected chi connectivity index (χ3v) is 12.2. The second-order valence-electron chi connectivity index (χ2n) is 15.1. The topological polar surface area (TPSA) is 142 Å². The number of halogens is 4. The minimum absolute atomic E-state index is 0.0328. The van der Waals surface area contributed by atoms with Crippen molar-refractivity contribution in [3.63, 3.8) is 0 Å². The van der Waals surface area contributed by atoms with Gasteiger partial charge in [-0.3, -0.25) is 14.2 Å². The lowest BCUT2D eigenvalue weighted by Crippen LogP contribution is -2.49. The number of rotatable bonds is 12. The van der Waals surface area contributed by atoms with E-state index in [0.717, 1.165) is 47.9 Å². The van der Waals surface area contributed by atoms with Crippen molar-refractivity contribution >= 4 is 34.6 Å². The van der Waals surface area contributed by atoms with Gasteiger partial charge in [-0.15, -0.1) is 11.3 Å². The van der Waals surface area contributed by atoms with E-state index in [9.17, 15) is 18.0 Å². The van der Waals surface area contributed by atoms with Crippen LogP contribution in [-0.2, 0) is 20.5 Å². The normalized spacial score (nSPS) is 17.1. The molecule has 1 fully saturated rings. The Labute approximate surface area is 348 Å². The van der Waals surface area contributed by atoms with Crippen molar-refractivity contribution in [2.45, 2.75) is 77.5 Å². The van der Waals surface area contributed by atoms with Gasteiger partial charge in [-0.25, -0.2) is 14.4 Å². The number of nitrogens with one attached hydrogen (secondary N) is 4. The minimum atomic E-state index is -4.53. The number of alkyl halides is 3. The number of likely N-dealkylation sites (N-methyl/N-ethyl adjacent to an activating group) is 2. The quantitative estimate of drug-likeness (QED) is 0.0707. The van der Waals surface area contributed by atoms with Crippen LogP contribution in [0.25, 0.3) is 44.7 Å². The number of hydrogen-bond acceptors (Lipinski definition) is 9. The number of imidazole rings is 2. The minimum Gasteiger partial charge on any atom is -0.471 e. The van der Waals surface area contributed by atoms with Gasteiger partial charge < -0.3 is 35.0 Å². The van der Waals surface area contributed by atoms with Gasteiger partial charge in [0.15, 0.2) is 0 Å². The monoisotopic (exact) mass is 848 g/mol. The fourth-order valence-electron chi connectivity index (χ4n) is 8.17. The summed E-state index contributed by atoms with van der Waals surface area (Å²) in [5, 5.41) is 7.35. The van der Waals surface area contributed by atoms with E-state index < -0.39 is 23.1 Å². The van der Waals surface area contributed by atoms with Gasteiger partial charge in [-0.2, -0.15) is 13.2 Å². The van der Waals surface area contributed by atoms with Crippen LogP contribution in [0.4, 0.5) is 17.6 Å². The third kappa shape index (κ3) is 8.17. The summed E-state index contributed by atoms with van der Waals surface area (Å²) in [6, 6.07) is 12.6. The van der Waals surface area contributed by atoms with Crippen LogP contribution in [0.1, 0.15) is 86.7 Å². The van der Waals surface area contributed by atoms with Crippen LogP contribution in [0.3, 0.4) is 0 Å². The summed E-state index contributed by atoms with van der Waals surface area (Å²) in [5.74, 6) is 1.10. The maximum Gasteiger partial charge on any atom is 0.425 e. The van der Waals surface area contributed by atoms with Crippen molar-refractivity contribution in [1.29, 1.82) is 0 Å². The molecule has 0 radical (unpaired) electrons. The van der Waals surface area contributed by atoms with E-state index in [-0.39, 0.29) is 41.3 Å². The summed E-state index contributed by atoms with van der Waals surface area (Å²) in [7, 11) is 3.09. The first-order valence-electron chi connectivity index (χ1n) is 19.9. The number of hydrogen-bond donors (Lipinski definition) is 4. The zero-order valence-electron chi connectivity index (χ0n) is 34.1. The van der Waals surface area contributed by atoms with Crippen molar-refractivity contribution in [3.05, 3.63) is 88.1 Å². The van der Waals surface area contributed by atoms with E-state index in [0.29, 0.717) is 63.9 Å². The highest BCUT2D eigenvalue weighted by atomic mass is 32.1. The standard InChI is InChI=1S/C41H44F4N8O2S.C2H4O2/c1-6-29(52(7-2)39(54)36(46-5)21(3)4)38-49-20-28(51-38)23-16-25(42)35-31-17-24-15-22(27-19-48-37(50-27)26-9-8-14-47-26)10-11-30(24)53(31)40(55-32(35)18-23)33-12-13-34(56-33)41(43,44)45;1-4-2-3/h10-13,15-21,26,29,36,40,46-47H,6-9,14H2,1-5H3,(H,48,50)(H,49,51);2H,1H3/t26?,29-,36-,40?;/m0./s1. The largest absolute Gasteiger partial charge is 0.471 e. The number of carbonyl (C=O) groups is 2. The van der Waals surface area contributed by atoms with Crippen LogP contribution in [0.2, 0.25) is 0 Å². The van der Waals surface area contributed by atoms with E-state index in [1.807, 2.05) is 52.0 Å². The van der Waals surface area contributed by atoms with Crippen LogP contribution in [0.5, 0.6) is 5.75 Å². The Kier molecular flexibility index (Phi) is 12.5. The van der Waals surface area contributed by atoms with Gasteiger partial charge in [0.2, 0.25) is 12.1 Å². The molecule has 1 amide bonds. The molecule has 12 nitrogen and oxygen atoms in total. The third-order valence-electron chi connectivity index (χ3n) is 11.0. The molecular weight excluding hydrogens is 801 g/mol. The lowest BCUT2D eigenvalue weighted by molar-refractivity contribution is -0.137. The molecule has 2 aliphatic rings. The molecule has 6 aromatic rings. The Hall–Kier alpha value is -5.52. The number of nitrogens with zero attached hydrogens (tertiary/aromatic N) is 4. The molecule has 4 N–H and O–H groups in total. The van der Waals surface area contributed by atoms with Gasteiger partial charge in [-0.1, -0.05) is 26.8 Å². The van der Waals surface area contributed by atoms with Crippen LogP contribution < -0.4 is 15.4 Å². The predicted octanol–water partition coefficient (Wildman–Crippen LogP) is 9.00. The highest BCUT2D eigenvalue weighted by molar-refractivity contribution is 7.12. The van der Waals surface area contributed by atoms with Crippen molar-refractivity contribution < 1.29 is 36.6 Å². The smallest absolute Gasteiger partial charge is 0.425 e. The number of fused-ring (bicyclic) bond motifs is 5. The Balaban J connectivity index is 0.00000130. The molecule has 2 unspecified atom stereocenters. The maximum atomic E-state index is 16.6. The first-order chi connectivity index (χ1) is 28.8. The second kappa shape index (κ2) is 17.6. The van der Waals surface area contributed by atoms with Crippen molar-refractivity contribution in [1.82, 2.24) is 40.0 Å². The Morgan fingerprint density at radius 3 is 2.47 bits per heavy atom. The first-order valence-corrected chi connectivity index (χ1v) is 20.7. The predicted molar refractivity (Wildman–Crippen MR) is 222 cm³/mol. The zero-order chi connectivity index (χ0) is 42.9. The Morgan fingerprint density at radius 2 is 1.83 bits per heavy atom. The van der Waals surface area contributed by atoms with Gasteiger partial charge >= 0.3 is 6.18 Å². The number of methoxy groups -OCH3 is 1. The number of thiophene rings is 1. The number of H-pyrrole nitrogens is 2. The fourth-order valence-corrected chi connectivity index (χ4v) is 9.06. The zero-order valence-corrected chi connectivity index (χ0v) is 34.9. The van der Waals surface area contributed by atoms with Crippen LogP contribution in [0.15, 0.2) is 60.9 Å². The summed E-state index contributed by atoms with van der Waals surface area (Å²) in [5.41, 5.74) is 4.01. The number of aromatic nitrogens is 5. The second-order valence-corrected chi connectivity index (χ2v) is 16.2. The van der Waals surface area contributed by atoms with Gasteiger partial charge in [-0.05, 0) is 88.2 Å². The molecule has 2 aliphatic heterocycles. The van der Waals surface area contributed by atoms with Gasteiger partial charge in [0, 0.05) is 23.1 Å². The molecule has 0 saturated carbocycles. The molecule has 4 aromatic heterocycles. The van der Waals surface area contributed by atoms with E-state index in [4.69, 9.17) is 9.53 Å². The molecule has 318 valence electrons. The molecule has 0 bridgehead atoms. The molecule has 6 heterocycles. The highest BCUT2D eigenvalue weighted by Gasteiger charge is 2.37. The summed E-state index contributed by atoms with van der Waals surface area (Å²) < 4.78 is 70.3. The maximum absolute atomic E-state index is 16.6. The molecule has 2 aromatic carbocycles. The van der Waals surface area contributed by atoms with Crippen molar-refractivity contribution in [2.24, 2.45) is 5.92 Å². The Bertz CT molecular complexity index is 2470. The molecule has 0 aliphatic carbocycles. The Morgan fingerprint density at radius 1 is 1.08 bits per heavy atom. The number of ether oxygens (including phenoxy) is 2. The van der Waals surface area contributed by atoms with Gasteiger partial charge in [0.25, 0.3) is 6.47 Å². The molecular formula is C43H48F4N8O4S. The van der Waals surface area contributed by atoms with Gasteiger partial charge in [0.1, 0.15) is 28.1 Å². The average molecular weight is 849 g/mol. The highest BCUT2D eigenvalue weighted by Crippen LogP contribution is 2.49.